The van der Waals surface area contributed by atoms with Crippen LogP contribution in [0.5, 0.6) is 0 Å². The van der Waals surface area contributed by atoms with Crippen LogP contribution < -0.4 is 0 Å². The van der Waals surface area contributed by atoms with E-state index < -0.39 is 0 Å². The zero-order valence-electron chi connectivity index (χ0n) is 28.8. The lowest BCUT2D eigenvalue weighted by molar-refractivity contribution is 0.662. The number of furan rings is 1. The van der Waals surface area contributed by atoms with Gasteiger partial charge >= 0.3 is 0 Å². The quantitative estimate of drug-likeness (QED) is 0.183. The van der Waals surface area contributed by atoms with Crippen LogP contribution in [0.4, 0.5) is 0 Å². The fraction of sp³-hybridized carbons (Fsp3) is 0.0625. The first-order chi connectivity index (χ1) is 25.5. The molecule has 0 N–H and O–H groups in total. The van der Waals surface area contributed by atoms with Gasteiger partial charge in [-0.15, -0.1) is 0 Å². The van der Waals surface area contributed by atoms with E-state index in [0.29, 0.717) is 17.5 Å². The predicted molar refractivity (Wildman–Crippen MR) is 212 cm³/mol. The van der Waals surface area contributed by atoms with Crippen molar-refractivity contribution in [3.63, 3.8) is 0 Å². The van der Waals surface area contributed by atoms with Crippen LogP contribution in [0.25, 0.3) is 89.5 Å². The second-order valence-electron chi connectivity index (χ2n) is 14.0. The maximum atomic E-state index is 6.51. The molecule has 0 saturated carbocycles. The minimum absolute atomic E-state index is 0.226. The summed E-state index contributed by atoms with van der Waals surface area (Å²) in [5.74, 6) is 1.87. The molecular formula is C48H33N3O. The smallest absolute Gasteiger partial charge is 0.164 e. The third-order valence-corrected chi connectivity index (χ3v) is 10.5. The monoisotopic (exact) mass is 667 g/mol. The molecule has 0 amide bonds. The van der Waals surface area contributed by atoms with E-state index in [9.17, 15) is 0 Å². The van der Waals surface area contributed by atoms with Gasteiger partial charge in [0.15, 0.2) is 17.5 Å². The van der Waals surface area contributed by atoms with Crippen LogP contribution in [0.1, 0.15) is 25.0 Å². The molecule has 9 aromatic rings. The number of benzene rings is 7. The first-order valence-electron chi connectivity index (χ1n) is 17.7. The molecular weight excluding hydrogens is 635 g/mol. The molecule has 2 heterocycles. The molecule has 246 valence electrons. The Morgan fingerprint density at radius 3 is 1.71 bits per heavy atom. The van der Waals surface area contributed by atoms with Crippen LogP contribution in [0.15, 0.2) is 168 Å². The first-order valence-corrected chi connectivity index (χ1v) is 17.7. The van der Waals surface area contributed by atoms with Gasteiger partial charge in [-0.1, -0.05) is 159 Å². The summed E-state index contributed by atoms with van der Waals surface area (Å²) in [4.78, 5) is 15.5. The van der Waals surface area contributed by atoms with Gasteiger partial charge in [0.05, 0.1) is 0 Å². The Hall–Kier alpha value is -6.65. The molecule has 4 nitrogen and oxygen atoms in total. The molecule has 0 aliphatic heterocycles. The summed E-state index contributed by atoms with van der Waals surface area (Å²) in [5, 5.41) is 2.16. The Morgan fingerprint density at radius 1 is 0.423 bits per heavy atom. The SMILES string of the molecule is CC1(C)c2cccc(-c3nc(-c4ccccc4)nc(-c4ccc5c(c4)oc4cccc(-c6ccccc6)c45)n3)c2-c2cccc(-c3ccccc3)c21. The number of fused-ring (bicyclic) bond motifs is 6. The molecule has 0 fully saturated rings. The topological polar surface area (TPSA) is 51.8 Å². The third-order valence-electron chi connectivity index (χ3n) is 10.5. The molecule has 4 heteroatoms. The van der Waals surface area contributed by atoms with Crippen molar-refractivity contribution in [3.8, 4) is 67.5 Å². The molecule has 0 spiro atoms. The lowest BCUT2D eigenvalue weighted by Gasteiger charge is -2.24. The minimum atomic E-state index is -0.226. The standard InChI is InChI=1S/C48H33N3O/c1-48(2)39-25-13-24-38(42(39)37-23-12-22-35(44(37)48)31-17-8-4-9-18-31)47-50-45(32-19-10-5-11-20-32)49-46(51-47)33-27-28-36-41(29-33)52-40-26-14-21-34(43(36)40)30-15-6-3-7-16-30/h3-29H,1-2H3. The lowest BCUT2D eigenvalue weighted by Crippen LogP contribution is -2.16. The van der Waals surface area contributed by atoms with Crippen molar-refractivity contribution < 1.29 is 4.42 Å². The molecule has 7 aromatic carbocycles. The molecule has 2 aromatic heterocycles. The Kier molecular flexibility index (Phi) is 6.80. The molecule has 0 bridgehead atoms. The van der Waals surface area contributed by atoms with Crippen molar-refractivity contribution in [1.29, 1.82) is 0 Å². The second kappa shape index (κ2) is 11.7. The van der Waals surface area contributed by atoms with Gasteiger partial charge in [-0.3, -0.25) is 0 Å². The molecule has 52 heavy (non-hydrogen) atoms. The fourth-order valence-electron chi connectivity index (χ4n) is 8.14. The average molecular weight is 668 g/mol. The number of hydrogen-bond donors (Lipinski definition) is 0. The van der Waals surface area contributed by atoms with E-state index in [-0.39, 0.29) is 5.41 Å². The van der Waals surface area contributed by atoms with Crippen molar-refractivity contribution in [2.45, 2.75) is 19.3 Å². The van der Waals surface area contributed by atoms with Crippen LogP contribution in [0.3, 0.4) is 0 Å². The van der Waals surface area contributed by atoms with Crippen LogP contribution >= 0.6 is 0 Å². The van der Waals surface area contributed by atoms with Gasteiger partial charge in [-0.2, -0.15) is 0 Å². The zero-order valence-corrected chi connectivity index (χ0v) is 28.8. The van der Waals surface area contributed by atoms with Crippen molar-refractivity contribution in [1.82, 2.24) is 15.0 Å². The van der Waals surface area contributed by atoms with Gasteiger partial charge in [0, 0.05) is 32.9 Å². The highest BCUT2D eigenvalue weighted by molar-refractivity contribution is 6.13. The van der Waals surface area contributed by atoms with E-state index in [2.05, 4.69) is 147 Å². The summed E-state index contributed by atoms with van der Waals surface area (Å²) in [6.07, 6.45) is 0. The van der Waals surface area contributed by atoms with Gasteiger partial charge in [0.1, 0.15) is 11.2 Å². The van der Waals surface area contributed by atoms with E-state index in [1.165, 1.54) is 33.4 Å². The fourth-order valence-corrected chi connectivity index (χ4v) is 8.14. The summed E-state index contributed by atoms with van der Waals surface area (Å²) in [7, 11) is 0. The van der Waals surface area contributed by atoms with Crippen molar-refractivity contribution in [2.24, 2.45) is 0 Å². The molecule has 0 unspecified atom stereocenters. The first kappa shape index (κ1) is 30.2. The summed E-state index contributed by atoms with van der Waals surface area (Å²) >= 11 is 0. The lowest BCUT2D eigenvalue weighted by atomic mass is 9.79. The molecule has 1 aliphatic carbocycles. The molecule has 10 rings (SSSR count). The number of nitrogens with zero attached hydrogens (tertiary/aromatic N) is 3. The highest BCUT2D eigenvalue weighted by Crippen LogP contribution is 2.54. The summed E-state index contributed by atoms with van der Waals surface area (Å²) in [5.41, 5.74) is 14.0. The highest BCUT2D eigenvalue weighted by Gasteiger charge is 2.39. The van der Waals surface area contributed by atoms with E-state index >= 15 is 0 Å². The number of aromatic nitrogens is 3. The minimum Gasteiger partial charge on any atom is -0.456 e. The largest absolute Gasteiger partial charge is 0.456 e. The maximum absolute atomic E-state index is 6.51. The second-order valence-corrected chi connectivity index (χ2v) is 14.0. The Balaban J connectivity index is 1.17. The Morgan fingerprint density at radius 2 is 0.981 bits per heavy atom. The van der Waals surface area contributed by atoms with Crippen LogP contribution in [-0.4, -0.2) is 15.0 Å². The van der Waals surface area contributed by atoms with Gasteiger partial charge in [-0.25, -0.2) is 15.0 Å². The van der Waals surface area contributed by atoms with Gasteiger partial charge in [0.2, 0.25) is 0 Å². The van der Waals surface area contributed by atoms with E-state index in [0.717, 1.165) is 49.8 Å². The van der Waals surface area contributed by atoms with Crippen LogP contribution in [0, 0.1) is 0 Å². The third kappa shape index (κ3) is 4.72. The molecule has 0 saturated heterocycles. The average Bonchev–Trinajstić information content (AvgIpc) is 3.70. The van der Waals surface area contributed by atoms with Crippen LogP contribution in [0.2, 0.25) is 0 Å². The van der Waals surface area contributed by atoms with Gasteiger partial charge < -0.3 is 4.42 Å². The van der Waals surface area contributed by atoms with Crippen LogP contribution in [-0.2, 0) is 5.41 Å². The van der Waals surface area contributed by atoms with Gasteiger partial charge in [-0.05, 0) is 62.7 Å². The van der Waals surface area contributed by atoms with Gasteiger partial charge in [0.25, 0.3) is 0 Å². The summed E-state index contributed by atoms with van der Waals surface area (Å²) in [6, 6.07) is 57.1. The van der Waals surface area contributed by atoms with Crippen molar-refractivity contribution >= 4 is 21.9 Å². The highest BCUT2D eigenvalue weighted by atomic mass is 16.3. The Labute approximate surface area is 302 Å². The zero-order chi connectivity index (χ0) is 34.8. The van der Waals surface area contributed by atoms with E-state index in [4.69, 9.17) is 19.4 Å². The van der Waals surface area contributed by atoms with E-state index in [1.54, 1.807) is 0 Å². The normalized spacial score (nSPS) is 13.0. The molecule has 0 radical (unpaired) electrons. The molecule has 0 atom stereocenters. The summed E-state index contributed by atoms with van der Waals surface area (Å²) < 4.78 is 6.51. The number of hydrogen-bond acceptors (Lipinski definition) is 4. The summed E-state index contributed by atoms with van der Waals surface area (Å²) in [6.45, 7) is 4.65. The maximum Gasteiger partial charge on any atom is 0.164 e. The Bertz CT molecular complexity index is 2800. The van der Waals surface area contributed by atoms with Crippen molar-refractivity contribution in [2.75, 3.05) is 0 Å². The molecule has 1 aliphatic rings. The van der Waals surface area contributed by atoms with Crippen molar-refractivity contribution in [3.05, 3.63) is 175 Å². The predicted octanol–water partition coefficient (Wildman–Crippen LogP) is 12.4. The van der Waals surface area contributed by atoms with E-state index in [1.807, 2.05) is 30.3 Å². The number of rotatable bonds is 5.